The van der Waals surface area contributed by atoms with Crippen LogP contribution in [0, 0.1) is 0 Å². The van der Waals surface area contributed by atoms with Crippen molar-refractivity contribution in [3.05, 3.63) is 53.2 Å². The molecule has 1 N–H and O–H groups in total. The second-order valence-electron chi connectivity index (χ2n) is 8.22. The summed E-state index contributed by atoms with van der Waals surface area (Å²) in [7, 11) is 0. The van der Waals surface area contributed by atoms with Crippen molar-refractivity contribution in [1.29, 1.82) is 0 Å². The van der Waals surface area contributed by atoms with Crippen LogP contribution < -0.4 is 5.32 Å². The molecule has 0 unspecified atom stereocenters. The van der Waals surface area contributed by atoms with Gasteiger partial charge in [-0.15, -0.1) is 0 Å². The Balaban J connectivity index is 1.45. The predicted octanol–water partition coefficient (Wildman–Crippen LogP) is 4.27. The number of nitrogens with zero attached hydrogens (tertiary/aromatic N) is 2. The predicted molar refractivity (Wildman–Crippen MR) is 110 cm³/mol. The molecule has 1 saturated carbocycles. The van der Waals surface area contributed by atoms with Crippen LogP contribution in [0.1, 0.15) is 61.5 Å². The number of amides is 1. The highest BCUT2D eigenvalue weighted by Gasteiger charge is 2.27. The van der Waals surface area contributed by atoms with Gasteiger partial charge in [0.15, 0.2) is 0 Å². The molecule has 4 heteroatoms. The molecule has 142 valence electrons. The number of hydrogen-bond donors (Lipinski definition) is 1. The molecule has 1 aliphatic carbocycles. The van der Waals surface area contributed by atoms with Gasteiger partial charge in [0.25, 0.3) is 5.91 Å². The molecule has 1 aliphatic heterocycles. The van der Waals surface area contributed by atoms with Crippen molar-refractivity contribution in [2.75, 3.05) is 19.6 Å². The van der Waals surface area contributed by atoms with E-state index < -0.39 is 0 Å². The van der Waals surface area contributed by atoms with E-state index in [2.05, 4.69) is 30.1 Å². The number of aromatic nitrogens is 1. The van der Waals surface area contributed by atoms with Crippen LogP contribution in [0.3, 0.4) is 0 Å². The fourth-order valence-corrected chi connectivity index (χ4v) is 3.81. The van der Waals surface area contributed by atoms with Gasteiger partial charge in [0.1, 0.15) is 0 Å². The molecule has 1 saturated heterocycles. The first-order chi connectivity index (χ1) is 13.1. The van der Waals surface area contributed by atoms with Gasteiger partial charge in [-0.25, -0.2) is 0 Å². The van der Waals surface area contributed by atoms with Gasteiger partial charge >= 0.3 is 0 Å². The number of fused-ring (bicyclic) bond motifs is 1. The summed E-state index contributed by atoms with van der Waals surface area (Å²) < 4.78 is 0. The van der Waals surface area contributed by atoms with Crippen LogP contribution >= 0.6 is 0 Å². The molecule has 1 aromatic heterocycles. The number of benzene rings is 1. The second-order valence-corrected chi connectivity index (χ2v) is 8.22. The molecule has 0 bridgehead atoms. The molecular formula is C23H29N3O. The summed E-state index contributed by atoms with van der Waals surface area (Å²) in [6, 6.07) is 10.3. The minimum atomic E-state index is 0.0539. The highest BCUT2D eigenvalue weighted by atomic mass is 16.1. The van der Waals surface area contributed by atoms with Crippen molar-refractivity contribution in [1.82, 2.24) is 15.2 Å². The van der Waals surface area contributed by atoms with Crippen molar-refractivity contribution < 1.29 is 4.79 Å². The number of pyridine rings is 1. The van der Waals surface area contributed by atoms with Crippen LogP contribution in [0.2, 0.25) is 0 Å². The summed E-state index contributed by atoms with van der Waals surface area (Å²) in [4.78, 5) is 20.3. The van der Waals surface area contributed by atoms with Gasteiger partial charge in [0.05, 0.1) is 11.1 Å². The van der Waals surface area contributed by atoms with E-state index in [1.54, 1.807) is 0 Å². The van der Waals surface area contributed by atoms with Crippen molar-refractivity contribution in [2.45, 2.75) is 51.5 Å². The first-order valence-electron chi connectivity index (χ1n) is 10.2. The Kier molecular flexibility index (Phi) is 5.26. The van der Waals surface area contributed by atoms with Crippen molar-refractivity contribution in [3.63, 3.8) is 0 Å². The average molecular weight is 364 g/mol. The summed E-state index contributed by atoms with van der Waals surface area (Å²) in [5, 5.41) is 4.25. The van der Waals surface area contributed by atoms with Crippen molar-refractivity contribution in [3.8, 4) is 0 Å². The summed E-state index contributed by atoms with van der Waals surface area (Å²) in [5.41, 5.74) is 4.16. The van der Waals surface area contributed by atoms with Crippen LogP contribution in [0.5, 0.6) is 0 Å². The summed E-state index contributed by atoms with van der Waals surface area (Å²) in [6.07, 6.45) is 6.69. The van der Waals surface area contributed by atoms with Gasteiger partial charge in [-0.05, 0) is 51.7 Å². The zero-order chi connectivity index (χ0) is 18.8. The minimum absolute atomic E-state index is 0.0539. The van der Waals surface area contributed by atoms with Crippen LogP contribution in [0.4, 0.5) is 0 Å². The van der Waals surface area contributed by atoms with E-state index in [0.717, 1.165) is 54.6 Å². The molecule has 4 nitrogen and oxygen atoms in total. The number of rotatable bonds is 5. The smallest absolute Gasteiger partial charge is 0.252 e. The standard InChI is InChI=1S/C23H29N3O/c1-16(2)9-12-26-13-10-18(11-14-26)24-23(27)20-15-22(17-7-8-17)25-21-6-4-3-5-19(20)21/h3-6,9,15,17-18H,7-8,10-14H2,1-2H3,(H,24,27). The largest absolute Gasteiger partial charge is 0.349 e. The lowest BCUT2D eigenvalue weighted by atomic mass is 10.0. The van der Waals surface area contributed by atoms with Crippen LogP contribution in [-0.2, 0) is 0 Å². The highest BCUT2D eigenvalue weighted by Crippen LogP contribution is 2.40. The fraction of sp³-hybridized carbons (Fsp3) is 0.478. The maximum absolute atomic E-state index is 13.1. The summed E-state index contributed by atoms with van der Waals surface area (Å²) >= 11 is 0. The molecule has 27 heavy (non-hydrogen) atoms. The topological polar surface area (TPSA) is 45.2 Å². The third-order valence-electron chi connectivity index (χ3n) is 5.66. The van der Waals surface area contributed by atoms with Gasteiger partial charge in [-0.1, -0.05) is 29.8 Å². The first-order valence-corrected chi connectivity index (χ1v) is 10.2. The van der Waals surface area contributed by atoms with Gasteiger partial charge in [0.2, 0.25) is 0 Å². The molecule has 0 atom stereocenters. The summed E-state index contributed by atoms with van der Waals surface area (Å²) in [5.74, 6) is 0.595. The van der Waals surface area contributed by atoms with Gasteiger partial charge in [-0.2, -0.15) is 0 Å². The van der Waals surface area contributed by atoms with E-state index >= 15 is 0 Å². The number of para-hydroxylation sites is 1. The van der Waals surface area contributed by atoms with E-state index in [-0.39, 0.29) is 11.9 Å². The third-order valence-corrected chi connectivity index (χ3v) is 5.66. The zero-order valence-electron chi connectivity index (χ0n) is 16.4. The van der Waals surface area contributed by atoms with Crippen LogP contribution in [-0.4, -0.2) is 41.5 Å². The molecule has 1 aromatic carbocycles. The maximum atomic E-state index is 13.1. The normalized spacial score (nSPS) is 18.4. The van der Waals surface area contributed by atoms with Gasteiger partial charge in [0, 0.05) is 42.7 Å². The number of allylic oxidation sites excluding steroid dienone is 1. The monoisotopic (exact) mass is 363 g/mol. The fourth-order valence-electron chi connectivity index (χ4n) is 3.81. The maximum Gasteiger partial charge on any atom is 0.252 e. The number of likely N-dealkylation sites (tertiary alicyclic amines) is 1. The van der Waals surface area contributed by atoms with Crippen molar-refractivity contribution >= 4 is 16.8 Å². The molecule has 2 heterocycles. The van der Waals surface area contributed by atoms with E-state index in [9.17, 15) is 4.79 Å². The number of carbonyl (C=O) groups is 1. The molecule has 2 aromatic rings. The first kappa shape index (κ1) is 18.2. The van der Waals surface area contributed by atoms with E-state index in [1.807, 2.05) is 30.3 Å². The van der Waals surface area contributed by atoms with Gasteiger partial charge < -0.3 is 5.32 Å². The molecule has 0 radical (unpaired) electrons. The second kappa shape index (κ2) is 7.81. The highest BCUT2D eigenvalue weighted by molar-refractivity contribution is 6.06. The van der Waals surface area contributed by atoms with E-state index in [1.165, 1.54) is 18.4 Å². The Labute approximate surface area is 161 Å². The van der Waals surface area contributed by atoms with Gasteiger partial charge in [-0.3, -0.25) is 14.7 Å². The molecule has 2 fully saturated rings. The average Bonchev–Trinajstić information content (AvgIpc) is 3.52. The molecule has 1 amide bonds. The lowest BCUT2D eigenvalue weighted by molar-refractivity contribution is 0.0915. The molecule has 4 rings (SSSR count). The van der Waals surface area contributed by atoms with E-state index in [4.69, 9.17) is 4.98 Å². The quantitative estimate of drug-likeness (QED) is 0.807. The lowest BCUT2D eigenvalue weighted by Crippen LogP contribution is -2.44. The summed E-state index contributed by atoms with van der Waals surface area (Å²) in [6.45, 7) is 7.38. The Morgan fingerprint density at radius 1 is 1.19 bits per heavy atom. The number of nitrogens with one attached hydrogen (secondary N) is 1. The minimum Gasteiger partial charge on any atom is -0.349 e. The Morgan fingerprint density at radius 3 is 2.63 bits per heavy atom. The lowest BCUT2D eigenvalue weighted by Gasteiger charge is -2.31. The van der Waals surface area contributed by atoms with Crippen LogP contribution in [0.15, 0.2) is 42.0 Å². The number of piperidine rings is 1. The SMILES string of the molecule is CC(C)=CCN1CCC(NC(=O)c2cc(C3CC3)nc3ccccc23)CC1. The Bertz CT molecular complexity index is 857. The Morgan fingerprint density at radius 2 is 1.93 bits per heavy atom. The van der Waals surface area contributed by atoms with Crippen molar-refractivity contribution in [2.24, 2.45) is 0 Å². The third kappa shape index (κ3) is 4.38. The van der Waals surface area contributed by atoms with Crippen LogP contribution in [0.25, 0.3) is 10.9 Å². The molecule has 0 spiro atoms. The Hall–Kier alpha value is -2.20. The number of hydrogen-bond acceptors (Lipinski definition) is 3. The zero-order valence-corrected chi connectivity index (χ0v) is 16.4. The molecule has 2 aliphatic rings. The number of carbonyl (C=O) groups excluding carboxylic acids is 1. The molecular weight excluding hydrogens is 334 g/mol. The van der Waals surface area contributed by atoms with E-state index in [0.29, 0.717) is 5.92 Å².